The van der Waals surface area contributed by atoms with Crippen LogP contribution < -0.4 is 0 Å². The Morgan fingerprint density at radius 1 is 1.28 bits per heavy atom. The third kappa shape index (κ3) is 2.82. The molecule has 0 amide bonds. The third-order valence-corrected chi connectivity index (χ3v) is 4.09. The van der Waals surface area contributed by atoms with E-state index in [0.29, 0.717) is 30.1 Å². The fourth-order valence-electron chi connectivity index (χ4n) is 1.69. The summed E-state index contributed by atoms with van der Waals surface area (Å²) in [6, 6.07) is 0. The summed E-state index contributed by atoms with van der Waals surface area (Å²) in [6.45, 7) is 9.49. The Labute approximate surface area is 116 Å². The molecular weight excluding hydrogens is 268 g/mol. The van der Waals surface area contributed by atoms with Gasteiger partial charge in [0.25, 0.3) is 0 Å². The lowest BCUT2D eigenvalue weighted by atomic mass is 10.2. The van der Waals surface area contributed by atoms with Crippen molar-refractivity contribution in [1.29, 1.82) is 0 Å². The summed E-state index contributed by atoms with van der Waals surface area (Å²) in [5.41, 5.74) is 1.18. The van der Waals surface area contributed by atoms with E-state index in [-0.39, 0.29) is 0 Å². The molecule has 2 rings (SSSR count). The highest BCUT2D eigenvalue weighted by atomic mass is 35.5. The predicted octanol–water partition coefficient (Wildman–Crippen LogP) is 4.13. The van der Waals surface area contributed by atoms with Crippen molar-refractivity contribution >= 4 is 33.2 Å². The molecule has 2 aromatic rings. The molecule has 98 valence electrons. The minimum Gasteiger partial charge on any atom is -0.373 e. The molecular formula is C13H17ClN2OS. The Hall–Kier alpha value is -0.710. The SMILES string of the molecule is Cc1sc2nc(COCC(C)C)nc(Cl)c2c1C. The van der Waals surface area contributed by atoms with Gasteiger partial charge in [0.1, 0.15) is 16.6 Å². The lowest BCUT2D eigenvalue weighted by molar-refractivity contribution is 0.0925. The van der Waals surface area contributed by atoms with Gasteiger partial charge in [0.2, 0.25) is 0 Å². The molecule has 0 fully saturated rings. The van der Waals surface area contributed by atoms with Crippen molar-refractivity contribution in [2.24, 2.45) is 5.92 Å². The average Bonchev–Trinajstić information content (AvgIpc) is 2.54. The smallest absolute Gasteiger partial charge is 0.157 e. The molecule has 0 spiro atoms. The van der Waals surface area contributed by atoms with Crippen LogP contribution in [0.5, 0.6) is 0 Å². The maximum atomic E-state index is 6.22. The molecule has 0 bridgehead atoms. The zero-order chi connectivity index (χ0) is 13.3. The summed E-state index contributed by atoms with van der Waals surface area (Å²) in [6.07, 6.45) is 0. The van der Waals surface area contributed by atoms with E-state index in [9.17, 15) is 0 Å². The van der Waals surface area contributed by atoms with Crippen LogP contribution in [0.15, 0.2) is 0 Å². The van der Waals surface area contributed by atoms with Crippen molar-refractivity contribution in [3.05, 3.63) is 21.4 Å². The first-order chi connectivity index (χ1) is 8.49. The highest BCUT2D eigenvalue weighted by Gasteiger charge is 2.13. The fourth-order valence-corrected chi connectivity index (χ4v) is 3.13. The van der Waals surface area contributed by atoms with Crippen molar-refractivity contribution in [3.8, 4) is 0 Å². The van der Waals surface area contributed by atoms with Crippen LogP contribution in [0.4, 0.5) is 0 Å². The highest BCUT2D eigenvalue weighted by molar-refractivity contribution is 7.18. The van der Waals surface area contributed by atoms with Crippen LogP contribution in [0, 0.1) is 19.8 Å². The number of nitrogens with zero attached hydrogens (tertiary/aromatic N) is 2. The second-order valence-corrected chi connectivity index (χ2v) is 6.36. The first-order valence-corrected chi connectivity index (χ1v) is 7.18. The van der Waals surface area contributed by atoms with Crippen LogP contribution in [-0.4, -0.2) is 16.6 Å². The first kappa shape index (κ1) is 13.7. The summed E-state index contributed by atoms with van der Waals surface area (Å²) >= 11 is 7.88. The molecule has 3 nitrogen and oxygen atoms in total. The van der Waals surface area contributed by atoms with Crippen LogP contribution >= 0.6 is 22.9 Å². The van der Waals surface area contributed by atoms with Gasteiger partial charge in [0.05, 0.1) is 5.39 Å². The summed E-state index contributed by atoms with van der Waals surface area (Å²) in [4.78, 5) is 11.0. The number of rotatable bonds is 4. The quantitative estimate of drug-likeness (QED) is 0.792. The predicted molar refractivity (Wildman–Crippen MR) is 76.4 cm³/mol. The molecule has 0 saturated heterocycles. The van der Waals surface area contributed by atoms with Crippen LogP contribution in [0.3, 0.4) is 0 Å². The van der Waals surface area contributed by atoms with Crippen molar-refractivity contribution < 1.29 is 4.74 Å². The van der Waals surface area contributed by atoms with E-state index in [1.807, 2.05) is 0 Å². The molecule has 2 heterocycles. The number of fused-ring (bicyclic) bond motifs is 1. The Morgan fingerprint density at radius 2 is 2.00 bits per heavy atom. The van der Waals surface area contributed by atoms with E-state index in [1.54, 1.807) is 11.3 Å². The lowest BCUT2D eigenvalue weighted by Crippen LogP contribution is -2.04. The van der Waals surface area contributed by atoms with Crippen LogP contribution in [-0.2, 0) is 11.3 Å². The molecule has 0 aromatic carbocycles. The minimum absolute atomic E-state index is 0.420. The number of ether oxygens (including phenoxy) is 1. The van der Waals surface area contributed by atoms with Gasteiger partial charge in [-0.1, -0.05) is 25.4 Å². The fraction of sp³-hybridized carbons (Fsp3) is 0.538. The Morgan fingerprint density at radius 3 is 2.67 bits per heavy atom. The third-order valence-electron chi connectivity index (χ3n) is 2.71. The van der Waals surface area contributed by atoms with Gasteiger partial charge >= 0.3 is 0 Å². The summed E-state index contributed by atoms with van der Waals surface area (Å²) < 4.78 is 5.54. The maximum Gasteiger partial charge on any atom is 0.157 e. The standard InChI is InChI=1S/C13H17ClN2OS/c1-7(2)5-17-6-10-15-12(14)11-8(3)9(4)18-13(11)16-10/h7H,5-6H2,1-4H3. The highest BCUT2D eigenvalue weighted by Crippen LogP contribution is 2.32. The second-order valence-electron chi connectivity index (χ2n) is 4.80. The van der Waals surface area contributed by atoms with E-state index in [2.05, 4.69) is 37.7 Å². The van der Waals surface area contributed by atoms with Gasteiger partial charge in [-0.15, -0.1) is 11.3 Å². The van der Waals surface area contributed by atoms with E-state index in [0.717, 1.165) is 10.2 Å². The van der Waals surface area contributed by atoms with E-state index < -0.39 is 0 Å². The number of hydrogen-bond acceptors (Lipinski definition) is 4. The van der Waals surface area contributed by atoms with Crippen LogP contribution in [0.1, 0.15) is 30.1 Å². The number of halogens is 1. The topological polar surface area (TPSA) is 35.0 Å². The van der Waals surface area contributed by atoms with Gasteiger partial charge in [-0.2, -0.15) is 0 Å². The average molecular weight is 285 g/mol. The molecule has 0 aliphatic carbocycles. The van der Waals surface area contributed by atoms with E-state index in [1.165, 1.54) is 10.4 Å². The van der Waals surface area contributed by atoms with Crippen molar-refractivity contribution in [1.82, 2.24) is 9.97 Å². The van der Waals surface area contributed by atoms with E-state index in [4.69, 9.17) is 16.3 Å². The summed E-state index contributed by atoms with van der Waals surface area (Å²) in [7, 11) is 0. The molecule has 0 unspecified atom stereocenters. The Bertz CT molecular complexity index is 566. The summed E-state index contributed by atoms with van der Waals surface area (Å²) in [5, 5.41) is 1.51. The molecule has 0 radical (unpaired) electrons. The number of aromatic nitrogens is 2. The first-order valence-electron chi connectivity index (χ1n) is 5.99. The van der Waals surface area contributed by atoms with Crippen LogP contribution in [0.2, 0.25) is 5.15 Å². The zero-order valence-corrected chi connectivity index (χ0v) is 12.7. The van der Waals surface area contributed by atoms with Gasteiger partial charge in [-0.3, -0.25) is 0 Å². The number of thiophene rings is 1. The Kier molecular flexibility index (Phi) is 4.20. The minimum atomic E-state index is 0.420. The summed E-state index contributed by atoms with van der Waals surface area (Å²) in [5.74, 6) is 1.17. The molecule has 2 aromatic heterocycles. The van der Waals surface area contributed by atoms with Crippen molar-refractivity contribution in [2.75, 3.05) is 6.61 Å². The molecule has 0 saturated carbocycles. The normalized spacial score (nSPS) is 11.7. The number of aryl methyl sites for hydroxylation is 2. The van der Waals surface area contributed by atoms with Gasteiger partial charge in [-0.25, -0.2) is 9.97 Å². The van der Waals surface area contributed by atoms with Gasteiger partial charge in [0.15, 0.2) is 5.82 Å². The van der Waals surface area contributed by atoms with Gasteiger partial charge < -0.3 is 4.74 Å². The second kappa shape index (κ2) is 5.51. The lowest BCUT2D eigenvalue weighted by Gasteiger charge is -2.06. The molecule has 18 heavy (non-hydrogen) atoms. The van der Waals surface area contributed by atoms with E-state index >= 15 is 0 Å². The number of hydrogen-bond donors (Lipinski definition) is 0. The molecule has 0 N–H and O–H groups in total. The van der Waals surface area contributed by atoms with Crippen LogP contribution in [0.25, 0.3) is 10.2 Å². The monoisotopic (exact) mass is 284 g/mol. The largest absolute Gasteiger partial charge is 0.373 e. The maximum absolute atomic E-state index is 6.22. The van der Waals surface area contributed by atoms with Gasteiger partial charge in [-0.05, 0) is 25.3 Å². The Balaban J connectivity index is 2.26. The van der Waals surface area contributed by atoms with Crippen molar-refractivity contribution in [3.63, 3.8) is 0 Å². The molecule has 0 aliphatic rings. The molecule has 0 atom stereocenters. The zero-order valence-electron chi connectivity index (χ0n) is 11.1. The van der Waals surface area contributed by atoms with Gasteiger partial charge in [0, 0.05) is 11.5 Å². The molecule has 0 aliphatic heterocycles. The molecule has 5 heteroatoms. The van der Waals surface area contributed by atoms with Crippen molar-refractivity contribution in [2.45, 2.75) is 34.3 Å².